The summed E-state index contributed by atoms with van der Waals surface area (Å²) < 4.78 is 5.15. The summed E-state index contributed by atoms with van der Waals surface area (Å²) in [5.74, 6) is 1.07. The van der Waals surface area contributed by atoms with Crippen molar-refractivity contribution in [3.8, 4) is 11.8 Å². The van der Waals surface area contributed by atoms with Gasteiger partial charge in [-0.15, -0.1) is 0 Å². The van der Waals surface area contributed by atoms with Crippen molar-refractivity contribution in [1.29, 1.82) is 5.26 Å². The van der Waals surface area contributed by atoms with E-state index in [1.807, 2.05) is 18.2 Å². The van der Waals surface area contributed by atoms with E-state index in [9.17, 15) is 4.79 Å². The smallest absolute Gasteiger partial charge is 0.140 e. The molecule has 0 fully saturated rings. The number of carbonyl (C=O) groups is 1. The number of hydrogen-bond donors (Lipinski definition) is 0. The third kappa shape index (κ3) is 2.47. The molecule has 0 N–H and O–H groups in total. The Balaban J connectivity index is 2.18. The number of fused-ring (bicyclic) bond motifs is 1. The second kappa shape index (κ2) is 5.01. The molecule has 2 rings (SSSR count). The quantitative estimate of drug-likeness (QED) is 0.799. The molecule has 0 amide bonds. The number of methoxy groups -OCH3 is 1. The Bertz CT molecular complexity index is 474. The summed E-state index contributed by atoms with van der Waals surface area (Å²) in [6.45, 7) is 0. The van der Waals surface area contributed by atoms with Gasteiger partial charge in [0.05, 0.1) is 13.2 Å². The highest BCUT2D eigenvalue weighted by molar-refractivity contribution is 5.85. The Morgan fingerprint density at radius 3 is 3.00 bits per heavy atom. The maximum atomic E-state index is 11.9. The molecule has 17 heavy (non-hydrogen) atoms. The molecule has 1 aliphatic rings. The van der Waals surface area contributed by atoms with Gasteiger partial charge in [-0.1, -0.05) is 6.07 Å². The van der Waals surface area contributed by atoms with Gasteiger partial charge in [-0.3, -0.25) is 4.79 Å². The van der Waals surface area contributed by atoms with E-state index >= 15 is 0 Å². The van der Waals surface area contributed by atoms with Crippen molar-refractivity contribution in [2.75, 3.05) is 7.11 Å². The number of ketones is 1. The molecule has 1 unspecified atom stereocenters. The van der Waals surface area contributed by atoms with Gasteiger partial charge in [0.25, 0.3) is 0 Å². The number of benzene rings is 1. The van der Waals surface area contributed by atoms with E-state index in [0.29, 0.717) is 19.3 Å². The molecular weight excluding hydrogens is 214 g/mol. The minimum Gasteiger partial charge on any atom is -0.497 e. The van der Waals surface area contributed by atoms with E-state index in [0.717, 1.165) is 17.7 Å². The second-order valence-corrected chi connectivity index (χ2v) is 4.38. The van der Waals surface area contributed by atoms with E-state index in [1.54, 1.807) is 7.11 Å². The van der Waals surface area contributed by atoms with E-state index in [4.69, 9.17) is 10.00 Å². The van der Waals surface area contributed by atoms with Gasteiger partial charge in [-0.2, -0.15) is 5.26 Å². The van der Waals surface area contributed by atoms with E-state index < -0.39 is 0 Å². The van der Waals surface area contributed by atoms with Crippen molar-refractivity contribution in [2.24, 2.45) is 5.92 Å². The number of ether oxygens (including phenoxy) is 1. The van der Waals surface area contributed by atoms with Gasteiger partial charge in [0.2, 0.25) is 0 Å². The summed E-state index contributed by atoms with van der Waals surface area (Å²) in [6, 6.07) is 8.00. The Labute approximate surface area is 101 Å². The van der Waals surface area contributed by atoms with E-state index in [1.165, 1.54) is 5.56 Å². The molecule has 88 valence electrons. The van der Waals surface area contributed by atoms with Crippen LogP contribution in [0.3, 0.4) is 0 Å². The summed E-state index contributed by atoms with van der Waals surface area (Å²) in [4.78, 5) is 11.9. The molecule has 0 aromatic heterocycles. The average Bonchev–Trinajstić information content (AvgIpc) is 2.35. The van der Waals surface area contributed by atoms with Gasteiger partial charge in [0.15, 0.2) is 0 Å². The van der Waals surface area contributed by atoms with Crippen LogP contribution in [0.2, 0.25) is 0 Å². The third-order valence-corrected chi connectivity index (χ3v) is 3.30. The number of Topliss-reactive ketones (excluding diaryl/α,β-unsaturated/α-hetero) is 1. The zero-order valence-electron chi connectivity index (χ0n) is 9.90. The van der Waals surface area contributed by atoms with Crippen molar-refractivity contribution in [3.05, 3.63) is 29.3 Å². The monoisotopic (exact) mass is 229 g/mol. The third-order valence-electron chi connectivity index (χ3n) is 3.30. The van der Waals surface area contributed by atoms with E-state index in [2.05, 4.69) is 6.07 Å². The first kappa shape index (κ1) is 11.7. The average molecular weight is 229 g/mol. The van der Waals surface area contributed by atoms with Crippen LogP contribution in [0.25, 0.3) is 0 Å². The van der Waals surface area contributed by atoms with Gasteiger partial charge in [0.1, 0.15) is 11.5 Å². The molecule has 3 heteroatoms. The minimum absolute atomic E-state index is 0.0237. The topological polar surface area (TPSA) is 50.1 Å². The Hall–Kier alpha value is -1.82. The van der Waals surface area contributed by atoms with Gasteiger partial charge in [0, 0.05) is 18.8 Å². The molecule has 0 aliphatic heterocycles. The number of carbonyl (C=O) groups excluding carboxylic acids is 1. The van der Waals surface area contributed by atoms with Crippen LogP contribution in [0.4, 0.5) is 0 Å². The lowest BCUT2D eigenvalue weighted by Gasteiger charge is -2.23. The highest BCUT2D eigenvalue weighted by Gasteiger charge is 2.25. The number of nitrogens with zero attached hydrogens (tertiary/aromatic N) is 1. The molecule has 1 aromatic rings. The van der Waals surface area contributed by atoms with Gasteiger partial charge in [-0.05, 0) is 36.1 Å². The zero-order chi connectivity index (χ0) is 12.3. The molecule has 0 heterocycles. The van der Waals surface area contributed by atoms with E-state index in [-0.39, 0.29) is 11.7 Å². The molecule has 1 atom stereocenters. The molecule has 0 radical (unpaired) electrons. The fourth-order valence-corrected chi connectivity index (χ4v) is 2.31. The van der Waals surface area contributed by atoms with Gasteiger partial charge in [-0.25, -0.2) is 0 Å². The molecule has 0 saturated carbocycles. The first-order valence-corrected chi connectivity index (χ1v) is 5.80. The lowest BCUT2D eigenvalue weighted by Crippen LogP contribution is -2.25. The van der Waals surface area contributed by atoms with Crippen molar-refractivity contribution in [1.82, 2.24) is 0 Å². The normalized spacial score (nSPS) is 18.4. The minimum atomic E-state index is 0.0237. The summed E-state index contributed by atoms with van der Waals surface area (Å²) in [5.41, 5.74) is 2.29. The summed E-state index contributed by atoms with van der Waals surface area (Å²) >= 11 is 0. The van der Waals surface area contributed by atoms with Crippen molar-refractivity contribution >= 4 is 5.78 Å². The van der Waals surface area contributed by atoms with Gasteiger partial charge >= 0.3 is 0 Å². The van der Waals surface area contributed by atoms with Gasteiger partial charge < -0.3 is 4.74 Å². The van der Waals surface area contributed by atoms with Crippen LogP contribution in [0.1, 0.15) is 24.0 Å². The van der Waals surface area contributed by atoms with Crippen LogP contribution in [0, 0.1) is 17.2 Å². The van der Waals surface area contributed by atoms with Crippen molar-refractivity contribution in [2.45, 2.75) is 25.7 Å². The first-order valence-electron chi connectivity index (χ1n) is 5.80. The lowest BCUT2D eigenvalue weighted by molar-refractivity contribution is -0.122. The highest BCUT2D eigenvalue weighted by atomic mass is 16.5. The molecule has 1 aliphatic carbocycles. The maximum absolute atomic E-state index is 11.9. The van der Waals surface area contributed by atoms with Crippen LogP contribution in [-0.2, 0) is 17.6 Å². The number of nitriles is 1. The SMILES string of the molecule is COc1ccc2c(c1)CC(=O)C(CCC#N)C2. The number of rotatable bonds is 3. The Morgan fingerprint density at radius 2 is 2.29 bits per heavy atom. The predicted molar refractivity (Wildman–Crippen MR) is 63.7 cm³/mol. The fourth-order valence-electron chi connectivity index (χ4n) is 2.31. The number of hydrogen-bond acceptors (Lipinski definition) is 3. The standard InChI is InChI=1S/C14H15NO2/c1-17-13-5-4-10-7-11(3-2-6-15)14(16)9-12(10)8-13/h4-5,8,11H,2-3,7,9H2,1H3. The van der Waals surface area contributed by atoms with Crippen LogP contribution < -0.4 is 4.74 Å². The molecule has 1 aromatic carbocycles. The van der Waals surface area contributed by atoms with Crippen molar-refractivity contribution in [3.63, 3.8) is 0 Å². The van der Waals surface area contributed by atoms with Crippen LogP contribution in [0.15, 0.2) is 18.2 Å². The van der Waals surface area contributed by atoms with Crippen molar-refractivity contribution < 1.29 is 9.53 Å². The summed E-state index contributed by atoms with van der Waals surface area (Å²) in [6.07, 6.45) is 2.38. The predicted octanol–water partition coefficient (Wildman–Crippen LogP) is 2.28. The van der Waals surface area contributed by atoms with Crippen LogP contribution in [0.5, 0.6) is 5.75 Å². The Kier molecular flexibility index (Phi) is 3.43. The summed E-state index contributed by atoms with van der Waals surface area (Å²) in [5, 5.41) is 8.57. The summed E-state index contributed by atoms with van der Waals surface area (Å²) in [7, 11) is 1.63. The molecule has 0 saturated heterocycles. The molecule has 3 nitrogen and oxygen atoms in total. The molecule has 0 bridgehead atoms. The van der Waals surface area contributed by atoms with Crippen LogP contribution in [-0.4, -0.2) is 12.9 Å². The first-order chi connectivity index (χ1) is 8.24. The van der Waals surface area contributed by atoms with Crippen LogP contribution >= 0.6 is 0 Å². The highest BCUT2D eigenvalue weighted by Crippen LogP contribution is 2.28. The second-order valence-electron chi connectivity index (χ2n) is 4.38. The lowest BCUT2D eigenvalue weighted by atomic mass is 9.81. The fraction of sp³-hybridized carbons (Fsp3) is 0.429. The maximum Gasteiger partial charge on any atom is 0.140 e. The zero-order valence-corrected chi connectivity index (χ0v) is 9.90. The Morgan fingerprint density at radius 1 is 1.47 bits per heavy atom. The largest absolute Gasteiger partial charge is 0.497 e. The molecule has 0 spiro atoms. The molecular formula is C14H15NO2.